The number of rotatable bonds is 5. The van der Waals surface area contributed by atoms with Gasteiger partial charge in [0.25, 0.3) is 5.56 Å². The van der Waals surface area contributed by atoms with Gasteiger partial charge in [0.2, 0.25) is 0 Å². The summed E-state index contributed by atoms with van der Waals surface area (Å²) in [6, 6.07) is 7.73. The molecule has 0 aliphatic carbocycles. The van der Waals surface area contributed by atoms with Gasteiger partial charge in [-0.2, -0.15) is 0 Å². The maximum Gasteiger partial charge on any atom is 0.275 e. The summed E-state index contributed by atoms with van der Waals surface area (Å²) >= 11 is 1.32. The Morgan fingerprint density at radius 2 is 2.00 bits per heavy atom. The molecule has 26 heavy (non-hydrogen) atoms. The topological polar surface area (TPSA) is 92.9 Å². The number of aromatic nitrogens is 4. The van der Waals surface area contributed by atoms with Crippen molar-refractivity contribution >= 4 is 37.6 Å². The van der Waals surface area contributed by atoms with E-state index in [1.807, 2.05) is 31.2 Å². The van der Waals surface area contributed by atoms with Crippen LogP contribution in [0.1, 0.15) is 12.0 Å². The molecular formula is C18H17N5O2S. The molecule has 0 saturated heterocycles. The molecule has 0 aliphatic heterocycles. The van der Waals surface area contributed by atoms with E-state index in [9.17, 15) is 4.79 Å². The Morgan fingerprint density at radius 1 is 1.19 bits per heavy atom. The summed E-state index contributed by atoms with van der Waals surface area (Å²) in [6.45, 7) is 2.69. The predicted molar refractivity (Wildman–Crippen MR) is 103 cm³/mol. The third kappa shape index (κ3) is 2.83. The highest BCUT2D eigenvalue weighted by Gasteiger charge is 2.16. The summed E-state index contributed by atoms with van der Waals surface area (Å²) in [7, 11) is 0. The number of nitrogens with zero attached hydrogens (tertiary/aromatic N) is 4. The smallest absolute Gasteiger partial charge is 0.275 e. The van der Waals surface area contributed by atoms with E-state index in [0.29, 0.717) is 33.8 Å². The molecule has 0 saturated carbocycles. The number of hydrogen-bond acceptors (Lipinski definition) is 7. The zero-order chi connectivity index (χ0) is 18.1. The lowest BCUT2D eigenvalue weighted by molar-refractivity contribution is 0.292. The van der Waals surface area contributed by atoms with Crippen LogP contribution in [0.5, 0.6) is 0 Å². The first-order valence-electron chi connectivity index (χ1n) is 8.25. The van der Waals surface area contributed by atoms with Crippen molar-refractivity contribution in [1.82, 2.24) is 19.5 Å². The summed E-state index contributed by atoms with van der Waals surface area (Å²) < 4.78 is 2.09. The molecule has 8 heteroatoms. The molecule has 4 aromatic rings. The van der Waals surface area contributed by atoms with Gasteiger partial charge in [-0.25, -0.2) is 15.0 Å². The molecule has 0 spiro atoms. The van der Waals surface area contributed by atoms with E-state index in [1.165, 1.54) is 17.7 Å². The van der Waals surface area contributed by atoms with Crippen LogP contribution in [0.2, 0.25) is 0 Å². The molecule has 0 fully saturated rings. The van der Waals surface area contributed by atoms with Gasteiger partial charge in [0.1, 0.15) is 33.5 Å². The van der Waals surface area contributed by atoms with Crippen molar-refractivity contribution in [2.75, 3.05) is 18.5 Å². The first-order chi connectivity index (χ1) is 12.7. The quantitative estimate of drug-likeness (QED) is 0.527. The third-order valence-corrected chi connectivity index (χ3v) is 5.19. The lowest BCUT2D eigenvalue weighted by Gasteiger charge is -2.06. The van der Waals surface area contributed by atoms with Crippen molar-refractivity contribution in [1.29, 1.82) is 0 Å². The highest BCUT2D eigenvalue weighted by Crippen LogP contribution is 2.32. The normalized spacial score (nSPS) is 11.3. The average Bonchev–Trinajstić information content (AvgIpc) is 3.04. The Bertz CT molecular complexity index is 1130. The largest absolute Gasteiger partial charge is 0.396 e. The van der Waals surface area contributed by atoms with Gasteiger partial charge < -0.3 is 10.4 Å². The van der Waals surface area contributed by atoms with Gasteiger partial charge in [0.05, 0.1) is 11.1 Å². The summed E-state index contributed by atoms with van der Waals surface area (Å²) in [5.74, 6) is 0.634. The van der Waals surface area contributed by atoms with E-state index in [1.54, 1.807) is 10.9 Å². The van der Waals surface area contributed by atoms with Crippen LogP contribution in [-0.4, -0.2) is 37.8 Å². The molecule has 1 aromatic carbocycles. The van der Waals surface area contributed by atoms with Crippen molar-refractivity contribution in [3.8, 4) is 5.69 Å². The standard InChI is InChI=1S/C18H17N5O2S/c1-11-3-5-12(6-4-11)23-10-22-14-13-16(19-7-2-8-24)20-9-21-17(13)26-15(14)18(23)25/h3-6,9-10,24H,2,7-8H2,1H3,(H,19,20,21). The highest BCUT2D eigenvalue weighted by atomic mass is 32.1. The van der Waals surface area contributed by atoms with Crippen molar-refractivity contribution in [2.24, 2.45) is 0 Å². The number of thiophene rings is 1. The van der Waals surface area contributed by atoms with Gasteiger partial charge >= 0.3 is 0 Å². The molecule has 3 aromatic heterocycles. The number of nitrogens with one attached hydrogen (secondary N) is 1. The minimum atomic E-state index is -0.122. The number of fused-ring (bicyclic) bond motifs is 3. The van der Waals surface area contributed by atoms with Crippen LogP contribution < -0.4 is 10.9 Å². The molecule has 7 nitrogen and oxygen atoms in total. The minimum Gasteiger partial charge on any atom is -0.396 e. The lowest BCUT2D eigenvalue weighted by atomic mass is 10.2. The summed E-state index contributed by atoms with van der Waals surface area (Å²) in [5, 5.41) is 12.9. The van der Waals surface area contributed by atoms with Crippen LogP contribution in [0.3, 0.4) is 0 Å². The number of anilines is 1. The Balaban J connectivity index is 1.88. The zero-order valence-electron chi connectivity index (χ0n) is 14.1. The van der Waals surface area contributed by atoms with Crippen molar-refractivity contribution in [3.05, 3.63) is 52.8 Å². The van der Waals surface area contributed by atoms with E-state index in [2.05, 4.69) is 20.3 Å². The first-order valence-corrected chi connectivity index (χ1v) is 9.07. The second-order valence-electron chi connectivity index (χ2n) is 5.94. The minimum absolute atomic E-state index is 0.102. The summed E-state index contributed by atoms with van der Waals surface area (Å²) in [5.41, 5.74) is 2.39. The van der Waals surface area contributed by atoms with Crippen molar-refractivity contribution < 1.29 is 5.11 Å². The fraction of sp³-hybridized carbons (Fsp3) is 0.222. The fourth-order valence-corrected chi connectivity index (χ4v) is 3.80. The Labute approximate surface area is 153 Å². The monoisotopic (exact) mass is 367 g/mol. The number of aliphatic hydroxyl groups is 1. The number of hydrogen-bond donors (Lipinski definition) is 2. The van der Waals surface area contributed by atoms with E-state index in [0.717, 1.165) is 16.6 Å². The molecule has 0 unspecified atom stereocenters. The number of aliphatic hydroxyl groups excluding tert-OH is 1. The van der Waals surface area contributed by atoms with Crippen LogP contribution >= 0.6 is 11.3 Å². The first kappa shape index (κ1) is 16.6. The van der Waals surface area contributed by atoms with Crippen LogP contribution in [0.4, 0.5) is 5.82 Å². The fourth-order valence-electron chi connectivity index (χ4n) is 2.77. The maximum absolute atomic E-state index is 13.0. The second-order valence-corrected chi connectivity index (χ2v) is 6.94. The Hall–Kier alpha value is -2.84. The average molecular weight is 367 g/mol. The van der Waals surface area contributed by atoms with Gasteiger partial charge in [0, 0.05) is 13.2 Å². The molecule has 3 heterocycles. The zero-order valence-corrected chi connectivity index (χ0v) is 15.0. The summed E-state index contributed by atoms with van der Waals surface area (Å²) in [4.78, 5) is 26.8. The van der Waals surface area contributed by atoms with Crippen LogP contribution in [0.25, 0.3) is 26.1 Å². The van der Waals surface area contributed by atoms with Gasteiger partial charge in [-0.3, -0.25) is 9.36 Å². The van der Waals surface area contributed by atoms with E-state index >= 15 is 0 Å². The van der Waals surface area contributed by atoms with Gasteiger partial charge in [-0.1, -0.05) is 17.7 Å². The van der Waals surface area contributed by atoms with Crippen LogP contribution in [-0.2, 0) is 0 Å². The molecule has 0 atom stereocenters. The number of benzene rings is 1. The van der Waals surface area contributed by atoms with E-state index in [-0.39, 0.29) is 12.2 Å². The predicted octanol–water partition coefficient (Wildman–Crippen LogP) is 2.49. The third-order valence-electron chi connectivity index (χ3n) is 4.12. The van der Waals surface area contributed by atoms with E-state index < -0.39 is 0 Å². The molecule has 0 amide bonds. The molecule has 2 N–H and O–H groups in total. The molecule has 0 aliphatic rings. The van der Waals surface area contributed by atoms with Crippen LogP contribution in [0, 0.1) is 6.92 Å². The van der Waals surface area contributed by atoms with Crippen molar-refractivity contribution in [2.45, 2.75) is 13.3 Å². The van der Waals surface area contributed by atoms with Crippen molar-refractivity contribution in [3.63, 3.8) is 0 Å². The van der Waals surface area contributed by atoms with Gasteiger partial charge in [0.15, 0.2) is 0 Å². The summed E-state index contributed by atoms with van der Waals surface area (Å²) in [6.07, 6.45) is 3.63. The Morgan fingerprint density at radius 3 is 2.77 bits per heavy atom. The SMILES string of the molecule is Cc1ccc(-n2cnc3c(sc4ncnc(NCCCO)c43)c2=O)cc1. The molecule has 0 radical (unpaired) electrons. The van der Waals surface area contributed by atoms with Crippen LogP contribution in [0.15, 0.2) is 41.7 Å². The molecule has 132 valence electrons. The molecular weight excluding hydrogens is 350 g/mol. The molecule has 0 bridgehead atoms. The molecule has 4 rings (SSSR count). The lowest BCUT2D eigenvalue weighted by Crippen LogP contribution is -2.17. The van der Waals surface area contributed by atoms with E-state index in [4.69, 9.17) is 5.11 Å². The second kappa shape index (κ2) is 6.81. The Kier molecular flexibility index (Phi) is 4.36. The van der Waals surface area contributed by atoms with Gasteiger partial charge in [-0.15, -0.1) is 11.3 Å². The number of aryl methyl sites for hydroxylation is 1. The maximum atomic E-state index is 13.0. The highest BCUT2D eigenvalue weighted by molar-refractivity contribution is 7.25. The van der Waals surface area contributed by atoms with Gasteiger partial charge in [-0.05, 0) is 25.5 Å².